The first-order valence-electron chi connectivity index (χ1n) is 5.72. The molecule has 0 saturated heterocycles. The molecule has 1 aromatic heterocycles. The van der Waals surface area contributed by atoms with Gasteiger partial charge in [0, 0.05) is 32.9 Å². The Hall–Kier alpha value is -1.62. The number of carbonyl (C=O) groups is 1. The lowest BCUT2D eigenvalue weighted by Crippen LogP contribution is -2.28. The first-order chi connectivity index (χ1) is 8.08. The summed E-state index contributed by atoms with van der Waals surface area (Å²) in [4.78, 5) is 17.4. The van der Waals surface area contributed by atoms with Crippen molar-refractivity contribution < 1.29 is 4.79 Å². The third-order valence-corrected chi connectivity index (χ3v) is 2.55. The summed E-state index contributed by atoms with van der Waals surface area (Å²) >= 11 is 0. The maximum absolute atomic E-state index is 11.6. The Morgan fingerprint density at radius 2 is 2.24 bits per heavy atom. The highest BCUT2D eigenvalue weighted by Crippen LogP contribution is 2.08. The largest absolute Gasteiger partial charge is 0.366 e. The van der Waals surface area contributed by atoms with Gasteiger partial charge in [0.15, 0.2) is 0 Å². The van der Waals surface area contributed by atoms with E-state index in [-0.39, 0.29) is 11.9 Å². The predicted octanol–water partition coefficient (Wildman–Crippen LogP) is 0.933. The number of nitrogens with two attached hydrogens (primary N) is 1. The molecule has 5 nitrogen and oxygen atoms in total. The van der Waals surface area contributed by atoms with E-state index in [1.54, 1.807) is 32.4 Å². The molecular formula is C12H20N4O. The highest BCUT2D eigenvalue weighted by molar-refractivity contribution is 5.93. The lowest BCUT2D eigenvalue weighted by atomic mass is 10.2. The van der Waals surface area contributed by atoms with Gasteiger partial charge >= 0.3 is 0 Å². The van der Waals surface area contributed by atoms with Crippen molar-refractivity contribution in [3.63, 3.8) is 0 Å². The zero-order valence-corrected chi connectivity index (χ0v) is 10.6. The monoisotopic (exact) mass is 236 g/mol. The first kappa shape index (κ1) is 13.4. The molecule has 5 heteroatoms. The van der Waals surface area contributed by atoms with Gasteiger partial charge in [-0.3, -0.25) is 4.79 Å². The number of aromatic nitrogens is 1. The average molecular weight is 236 g/mol. The second kappa shape index (κ2) is 6.20. The van der Waals surface area contributed by atoms with Crippen molar-refractivity contribution in [2.24, 2.45) is 5.73 Å². The van der Waals surface area contributed by atoms with E-state index in [2.05, 4.69) is 17.2 Å². The van der Waals surface area contributed by atoms with E-state index in [0.29, 0.717) is 12.1 Å². The van der Waals surface area contributed by atoms with Crippen molar-refractivity contribution in [1.82, 2.24) is 9.88 Å². The number of amides is 1. The lowest BCUT2D eigenvalue weighted by molar-refractivity contribution is 0.0827. The second-order valence-electron chi connectivity index (χ2n) is 4.12. The van der Waals surface area contributed by atoms with Crippen molar-refractivity contribution in [1.29, 1.82) is 0 Å². The summed E-state index contributed by atoms with van der Waals surface area (Å²) in [5.41, 5.74) is 6.18. The molecule has 1 aromatic rings. The topological polar surface area (TPSA) is 71.2 Å². The van der Waals surface area contributed by atoms with Crippen LogP contribution >= 0.6 is 0 Å². The molecule has 0 spiro atoms. The third kappa shape index (κ3) is 3.71. The number of anilines is 1. The average Bonchev–Trinajstić information content (AvgIpc) is 2.35. The molecular weight excluding hydrogens is 216 g/mol. The lowest BCUT2D eigenvalue weighted by Gasteiger charge is -2.15. The van der Waals surface area contributed by atoms with E-state index >= 15 is 0 Å². The fourth-order valence-corrected chi connectivity index (χ4v) is 1.40. The summed E-state index contributed by atoms with van der Waals surface area (Å²) in [6.45, 7) is 2.63. The molecule has 0 aliphatic rings. The van der Waals surface area contributed by atoms with Gasteiger partial charge in [-0.25, -0.2) is 4.98 Å². The Balaban J connectivity index is 2.71. The Morgan fingerprint density at radius 1 is 1.53 bits per heavy atom. The van der Waals surface area contributed by atoms with Crippen LogP contribution in [0.1, 0.15) is 23.7 Å². The minimum absolute atomic E-state index is 0.0464. The van der Waals surface area contributed by atoms with Crippen molar-refractivity contribution >= 4 is 11.7 Å². The van der Waals surface area contributed by atoms with Gasteiger partial charge in [0.1, 0.15) is 5.82 Å². The summed E-state index contributed by atoms with van der Waals surface area (Å²) in [6, 6.07) is 3.79. The molecule has 3 N–H and O–H groups in total. The molecule has 1 rings (SSSR count). The normalized spacial score (nSPS) is 12.0. The summed E-state index contributed by atoms with van der Waals surface area (Å²) < 4.78 is 0. The quantitative estimate of drug-likeness (QED) is 0.798. The van der Waals surface area contributed by atoms with Gasteiger partial charge in [0.25, 0.3) is 5.91 Å². The predicted molar refractivity (Wildman–Crippen MR) is 69.0 cm³/mol. The smallest absolute Gasteiger partial charge is 0.254 e. The third-order valence-electron chi connectivity index (χ3n) is 2.55. The number of pyridine rings is 1. The number of hydrogen-bond donors (Lipinski definition) is 2. The maximum atomic E-state index is 11.6. The first-order valence-corrected chi connectivity index (χ1v) is 5.72. The minimum atomic E-state index is -0.0464. The molecule has 17 heavy (non-hydrogen) atoms. The van der Waals surface area contributed by atoms with Gasteiger partial charge in [-0.05, 0) is 18.6 Å². The van der Waals surface area contributed by atoms with E-state index in [0.717, 1.165) is 12.2 Å². The minimum Gasteiger partial charge on any atom is -0.366 e. The molecule has 0 radical (unpaired) electrons. The van der Waals surface area contributed by atoms with Crippen LogP contribution in [0, 0.1) is 0 Å². The van der Waals surface area contributed by atoms with Crippen LogP contribution in [0.4, 0.5) is 5.82 Å². The fourth-order valence-electron chi connectivity index (χ4n) is 1.40. The van der Waals surface area contributed by atoms with Gasteiger partial charge in [-0.1, -0.05) is 6.92 Å². The van der Waals surface area contributed by atoms with Gasteiger partial charge in [-0.15, -0.1) is 0 Å². The molecule has 0 fully saturated rings. The number of hydrogen-bond acceptors (Lipinski definition) is 4. The summed E-state index contributed by atoms with van der Waals surface area (Å²) in [6.07, 6.45) is 2.52. The Bertz CT molecular complexity index is 357. The van der Waals surface area contributed by atoms with E-state index in [1.807, 2.05) is 0 Å². The highest BCUT2D eigenvalue weighted by atomic mass is 16.2. The van der Waals surface area contributed by atoms with E-state index in [4.69, 9.17) is 5.73 Å². The van der Waals surface area contributed by atoms with Crippen LogP contribution in [0.3, 0.4) is 0 Å². The molecule has 0 aromatic carbocycles. The summed E-state index contributed by atoms with van der Waals surface area (Å²) in [5.74, 6) is 0.701. The number of nitrogens with one attached hydrogen (secondary N) is 1. The van der Waals surface area contributed by atoms with Crippen LogP contribution in [-0.4, -0.2) is 42.5 Å². The number of rotatable bonds is 5. The van der Waals surface area contributed by atoms with Crippen molar-refractivity contribution in [2.45, 2.75) is 19.4 Å². The molecule has 0 aliphatic carbocycles. The molecule has 0 aliphatic heterocycles. The van der Waals surface area contributed by atoms with Crippen molar-refractivity contribution in [3.8, 4) is 0 Å². The highest BCUT2D eigenvalue weighted by Gasteiger charge is 2.09. The molecule has 1 amide bonds. The van der Waals surface area contributed by atoms with Gasteiger partial charge in [0.2, 0.25) is 0 Å². The SMILES string of the molecule is CCC(CN)Nc1ccc(C(=O)N(C)C)cn1. The molecule has 94 valence electrons. The Kier molecular flexibility index (Phi) is 4.90. The Labute approximate surface area is 102 Å². The van der Waals surface area contributed by atoms with Crippen LogP contribution in [0.2, 0.25) is 0 Å². The standard InChI is InChI=1S/C12H20N4O/c1-4-10(7-13)15-11-6-5-9(8-14-11)12(17)16(2)3/h5-6,8,10H,4,7,13H2,1-3H3,(H,14,15). The van der Waals surface area contributed by atoms with Gasteiger partial charge in [-0.2, -0.15) is 0 Å². The van der Waals surface area contributed by atoms with Gasteiger partial charge in [0.05, 0.1) is 5.56 Å². The van der Waals surface area contributed by atoms with Crippen molar-refractivity contribution in [2.75, 3.05) is 26.0 Å². The zero-order chi connectivity index (χ0) is 12.8. The number of carbonyl (C=O) groups excluding carboxylic acids is 1. The Morgan fingerprint density at radius 3 is 2.65 bits per heavy atom. The summed E-state index contributed by atoms with van der Waals surface area (Å²) in [7, 11) is 3.44. The van der Waals surface area contributed by atoms with Crippen LogP contribution in [0.15, 0.2) is 18.3 Å². The van der Waals surface area contributed by atoms with Crippen LogP contribution < -0.4 is 11.1 Å². The molecule has 1 atom stereocenters. The van der Waals surface area contributed by atoms with E-state index in [1.165, 1.54) is 4.90 Å². The van der Waals surface area contributed by atoms with E-state index < -0.39 is 0 Å². The molecule has 0 saturated carbocycles. The van der Waals surface area contributed by atoms with E-state index in [9.17, 15) is 4.79 Å². The molecule has 1 heterocycles. The fraction of sp³-hybridized carbons (Fsp3) is 0.500. The second-order valence-corrected chi connectivity index (χ2v) is 4.12. The van der Waals surface area contributed by atoms with Gasteiger partial charge < -0.3 is 16.0 Å². The van der Waals surface area contributed by atoms with Crippen LogP contribution in [-0.2, 0) is 0 Å². The molecule has 0 bridgehead atoms. The molecule has 1 unspecified atom stereocenters. The van der Waals surface area contributed by atoms with Crippen molar-refractivity contribution in [3.05, 3.63) is 23.9 Å². The number of nitrogens with zero attached hydrogens (tertiary/aromatic N) is 2. The summed E-state index contributed by atoms with van der Waals surface area (Å²) in [5, 5.41) is 3.21. The zero-order valence-electron chi connectivity index (χ0n) is 10.6. The van der Waals surface area contributed by atoms with Crippen LogP contribution in [0.5, 0.6) is 0 Å². The van der Waals surface area contributed by atoms with Crippen LogP contribution in [0.25, 0.3) is 0 Å². The maximum Gasteiger partial charge on any atom is 0.254 e.